The van der Waals surface area contributed by atoms with Crippen molar-refractivity contribution in [2.24, 2.45) is 0 Å². The van der Waals surface area contributed by atoms with E-state index >= 15 is 0 Å². The number of rotatable bonds is 7. The standard InChI is InChI=1S/C22H23N3O3/c1-4-27-22-12-10-19(24-25-22)17-6-8-18(9-7-17)23-21(26)14-28-20-11-5-15(2)13-16(20)3/h5-13H,4,14H2,1-3H3,(H,23,26). The molecular formula is C22H23N3O3. The predicted molar refractivity (Wildman–Crippen MR) is 109 cm³/mol. The lowest BCUT2D eigenvalue weighted by Gasteiger charge is -2.10. The van der Waals surface area contributed by atoms with Gasteiger partial charge in [0.1, 0.15) is 5.75 Å². The van der Waals surface area contributed by atoms with Gasteiger partial charge in [-0.25, -0.2) is 0 Å². The van der Waals surface area contributed by atoms with Crippen LogP contribution in [0, 0.1) is 13.8 Å². The van der Waals surface area contributed by atoms with Crippen molar-refractivity contribution in [2.45, 2.75) is 20.8 Å². The molecule has 6 nitrogen and oxygen atoms in total. The Bertz CT molecular complexity index is 938. The van der Waals surface area contributed by atoms with Gasteiger partial charge in [-0.15, -0.1) is 10.2 Å². The van der Waals surface area contributed by atoms with Crippen LogP contribution in [-0.4, -0.2) is 29.3 Å². The number of benzene rings is 2. The first-order chi connectivity index (χ1) is 13.5. The molecule has 0 aliphatic carbocycles. The number of hydrogen-bond acceptors (Lipinski definition) is 5. The minimum atomic E-state index is -0.214. The monoisotopic (exact) mass is 377 g/mol. The molecule has 6 heteroatoms. The normalized spacial score (nSPS) is 10.4. The molecule has 0 saturated carbocycles. The molecule has 28 heavy (non-hydrogen) atoms. The molecule has 2 aromatic carbocycles. The van der Waals surface area contributed by atoms with E-state index in [-0.39, 0.29) is 12.5 Å². The summed E-state index contributed by atoms with van der Waals surface area (Å²) in [4.78, 5) is 12.1. The van der Waals surface area contributed by atoms with Gasteiger partial charge in [-0.1, -0.05) is 29.8 Å². The molecule has 0 aliphatic rings. The van der Waals surface area contributed by atoms with E-state index in [1.165, 1.54) is 0 Å². The van der Waals surface area contributed by atoms with Crippen LogP contribution >= 0.6 is 0 Å². The Hall–Kier alpha value is -3.41. The molecule has 1 heterocycles. The molecule has 0 atom stereocenters. The number of aromatic nitrogens is 2. The van der Waals surface area contributed by atoms with Gasteiger partial charge in [0.05, 0.1) is 12.3 Å². The molecule has 0 saturated heterocycles. The minimum absolute atomic E-state index is 0.0456. The Morgan fingerprint density at radius 3 is 2.39 bits per heavy atom. The van der Waals surface area contributed by atoms with Crippen molar-refractivity contribution in [3.05, 3.63) is 65.7 Å². The number of aryl methyl sites for hydroxylation is 2. The number of anilines is 1. The zero-order valence-electron chi connectivity index (χ0n) is 16.2. The topological polar surface area (TPSA) is 73.3 Å². The zero-order valence-corrected chi connectivity index (χ0v) is 16.2. The Labute approximate surface area is 164 Å². The lowest BCUT2D eigenvalue weighted by atomic mass is 10.1. The van der Waals surface area contributed by atoms with Crippen LogP contribution in [-0.2, 0) is 4.79 Å². The van der Waals surface area contributed by atoms with Gasteiger partial charge >= 0.3 is 0 Å². The van der Waals surface area contributed by atoms with Gasteiger partial charge in [-0.05, 0) is 50.6 Å². The average Bonchev–Trinajstić information content (AvgIpc) is 2.69. The third-order valence-electron chi connectivity index (χ3n) is 4.09. The second kappa shape index (κ2) is 8.99. The quantitative estimate of drug-likeness (QED) is 0.669. The van der Waals surface area contributed by atoms with Crippen molar-refractivity contribution in [1.82, 2.24) is 10.2 Å². The van der Waals surface area contributed by atoms with Crippen LogP contribution in [0.25, 0.3) is 11.3 Å². The summed E-state index contributed by atoms with van der Waals surface area (Å²) >= 11 is 0. The van der Waals surface area contributed by atoms with Gasteiger partial charge in [0.2, 0.25) is 5.88 Å². The van der Waals surface area contributed by atoms with Gasteiger partial charge in [0.15, 0.2) is 6.61 Å². The van der Waals surface area contributed by atoms with Gasteiger partial charge in [0.25, 0.3) is 5.91 Å². The minimum Gasteiger partial charge on any atom is -0.483 e. The Morgan fingerprint density at radius 1 is 0.964 bits per heavy atom. The largest absolute Gasteiger partial charge is 0.483 e. The van der Waals surface area contributed by atoms with Crippen LogP contribution in [0.5, 0.6) is 11.6 Å². The van der Waals surface area contributed by atoms with Crippen molar-refractivity contribution < 1.29 is 14.3 Å². The molecule has 1 amide bonds. The number of nitrogens with zero attached hydrogens (tertiary/aromatic N) is 2. The lowest BCUT2D eigenvalue weighted by molar-refractivity contribution is -0.118. The van der Waals surface area contributed by atoms with Gasteiger partial charge in [-0.3, -0.25) is 4.79 Å². The maximum atomic E-state index is 12.1. The van der Waals surface area contributed by atoms with Crippen LogP contribution in [0.1, 0.15) is 18.1 Å². The highest BCUT2D eigenvalue weighted by atomic mass is 16.5. The maximum absolute atomic E-state index is 12.1. The highest BCUT2D eigenvalue weighted by Gasteiger charge is 2.07. The van der Waals surface area contributed by atoms with Crippen LogP contribution in [0.15, 0.2) is 54.6 Å². The van der Waals surface area contributed by atoms with Crippen molar-refractivity contribution in [3.63, 3.8) is 0 Å². The molecular weight excluding hydrogens is 354 g/mol. The third kappa shape index (κ3) is 5.07. The summed E-state index contributed by atoms with van der Waals surface area (Å²) in [5, 5.41) is 11.0. The number of amides is 1. The van der Waals surface area contributed by atoms with E-state index < -0.39 is 0 Å². The molecule has 0 radical (unpaired) electrons. The number of carbonyl (C=O) groups is 1. The van der Waals surface area contributed by atoms with Gasteiger partial charge in [-0.2, -0.15) is 0 Å². The second-order valence-electron chi connectivity index (χ2n) is 6.37. The van der Waals surface area contributed by atoms with E-state index in [4.69, 9.17) is 9.47 Å². The van der Waals surface area contributed by atoms with Crippen LogP contribution in [0.3, 0.4) is 0 Å². The molecule has 0 aliphatic heterocycles. The van der Waals surface area contributed by atoms with Crippen LogP contribution in [0.2, 0.25) is 0 Å². The molecule has 0 spiro atoms. The molecule has 0 bridgehead atoms. The smallest absolute Gasteiger partial charge is 0.262 e. The van der Waals surface area contributed by atoms with Crippen molar-refractivity contribution in [2.75, 3.05) is 18.5 Å². The molecule has 1 N–H and O–H groups in total. The molecule has 0 unspecified atom stereocenters. The SMILES string of the molecule is CCOc1ccc(-c2ccc(NC(=O)COc3ccc(C)cc3C)cc2)nn1. The summed E-state index contributed by atoms with van der Waals surface area (Å²) in [6, 6.07) is 16.9. The Morgan fingerprint density at radius 2 is 1.75 bits per heavy atom. The van der Waals surface area contributed by atoms with Gasteiger partial charge in [0, 0.05) is 17.3 Å². The Kier molecular flexibility index (Phi) is 6.22. The van der Waals surface area contributed by atoms with E-state index in [0.717, 1.165) is 22.4 Å². The van der Waals surface area contributed by atoms with Crippen LogP contribution in [0.4, 0.5) is 5.69 Å². The second-order valence-corrected chi connectivity index (χ2v) is 6.37. The summed E-state index contributed by atoms with van der Waals surface area (Å²) in [6.07, 6.45) is 0. The van der Waals surface area contributed by atoms with E-state index in [1.54, 1.807) is 6.07 Å². The highest BCUT2D eigenvalue weighted by molar-refractivity contribution is 5.92. The van der Waals surface area contributed by atoms with Crippen LogP contribution < -0.4 is 14.8 Å². The van der Waals surface area contributed by atoms with Crippen molar-refractivity contribution in [1.29, 1.82) is 0 Å². The number of nitrogens with one attached hydrogen (secondary N) is 1. The predicted octanol–water partition coefficient (Wildman–Crippen LogP) is 4.18. The molecule has 1 aromatic heterocycles. The first-order valence-electron chi connectivity index (χ1n) is 9.12. The summed E-state index contributed by atoms with van der Waals surface area (Å²) in [6.45, 7) is 6.38. The maximum Gasteiger partial charge on any atom is 0.262 e. The summed E-state index contributed by atoms with van der Waals surface area (Å²) in [5.74, 6) is 0.998. The highest BCUT2D eigenvalue weighted by Crippen LogP contribution is 2.21. The van der Waals surface area contributed by atoms with Crippen molar-refractivity contribution >= 4 is 11.6 Å². The van der Waals surface area contributed by atoms with E-state index in [1.807, 2.05) is 69.3 Å². The average molecular weight is 377 g/mol. The van der Waals surface area contributed by atoms with E-state index in [0.29, 0.717) is 23.9 Å². The summed E-state index contributed by atoms with van der Waals surface area (Å²) < 4.78 is 10.9. The summed E-state index contributed by atoms with van der Waals surface area (Å²) in [7, 11) is 0. The Balaban J connectivity index is 1.56. The van der Waals surface area contributed by atoms with Crippen molar-refractivity contribution in [3.8, 4) is 22.9 Å². The zero-order chi connectivity index (χ0) is 19.9. The van der Waals surface area contributed by atoms with E-state index in [2.05, 4.69) is 15.5 Å². The molecule has 3 aromatic rings. The number of carbonyl (C=O) groups excluding carboxylic acids is 1. The fraction of sp³-hybridized carbons (Fsp3) is 0.227. The molecule has 0 fully saturated rings. The number of ether oxygens (including phenoxy) is 2. The lowest BCUT2D eigenvalue weighted by Crippen LogP contribution is -2.20. The molecule has 3 rings (SSSR count). The number of hydrogen-bond donors (Lipinski definition) is 1. The first-order valence-corrected chi connectivity index (χ1v) is 9.12. The van der Waals surface area contributed by atoms with Gasteiger partial charge < -0.3 is 14.8 Å². The fourth-order valence-corrected chi connectivity index (χ4v) is 2.72. The first kappa shape index (κ1) is 19.4. The molecule has 144 valence electrons. The third-order valence-corrected chi connectivity index (χ3v) is 4.09. The fourth-order valence-electron chi connectivity index (χ4n) is 2.72. The summed E-state index contributed by atoms with van der Waals surface area (Å²) in [5.41, 5.74) is 4.50. The van der Waals surface area contributed by atoms with E-state index in [9.17, 15) is 4.79 Å².